The van der Waals surface area contributed by atoms with Gasteiger partial charge in [0.2, 0.25) is 0 Å². The quantitative estimate of drug-likeness (QED) is 0.835. The van der Waals surface area contributed by atoms with Crippen molar-refractivity contribution in [3.8, 4) is 6.07 Å². The number of morpholine rings is 1. The molecular formula is C17H23N3O. The summed E-state index contributed by atoms with van der Waals surface area (Å²) in [6, 6.07) is 10.8. The van der Waals surface area contributed by atoms with E-state index in [0.717, 1.165) is 38.3 Å². The lowest BCUT2D eigenvalue weighted by molar-refractivity contribution is -0.0373. The zero-order valence-corrected chi connectivity index (χ0v) is 12.7. The van der Waals surface area contributed by atoms with E-state index >= 15 is 0 Å². The first-order chi connectivity index (χ1) is 10.3. The SMILES string of the molecule is C[C@H]1CN(C2CCN(c3ccc(C#N)cc3)CC2)CCO1. The molecule has 0 spiro atoms. The monoisotopic (exact) mass is 285 g/mol. The number of piperidine rings is 1. The van der Waals surface area contributed by atoms with Gasteiger partial charge in [-0.3, -0.25) is 4.90 Å². The van der Waals surface area contributed by atoms with Crippen LogP contribution in [0.5, 0.6) is 0 Å². The van der Waals surface area contributed by atoms with Crippen molar-refractivity contribution in [3.63, 3.8) is 0 Å². The Kier molecular flexibility index (Phi) is 4.42. The van der Waals surface area contributed by atoms with Gasteiger partial charge in [0.15, 0.2) is 0 Å². The number of rotatable bonds is 2. The van der Waals surface area contributed by atoms with Gasteiger partial charge >= 0.3 is 0 Å². The molecule has 1 aromatic rings. The van der Waals surface area contributed by atoms with Crippen LogP contribution >= 0.6 is 0 Å². The summed E-state index contributed by atoms with van der Waals surface area (Å²) in [6.45, 7) is 7.38. The van der Waals surface area contributed by atoms with E-state index in [4.69, 9.17) is 10.00 Å². The number of hydrogen-bond acceptors (Lipinski definition) is 4. The lowest BCUT2D eigenvalue weighted by atomic mass is 10.0. The van der Waals surface area contributed by atoms with Crippen molar-refractivity contribution in [2.24, 2.45) is 0 Å². The summed E-state index contributed by atoms with van der Waals surface area (Å²) < 4.78 is 5.63. The van der Waals surface area contributed by atoms with Crippen molar-refractivity contribution >= 4 is 5.69 Å². The Morgan fingerprint density at radius 3 is 2.48 bits per heavy atom. The fourth-order valence-electron chi connectivity index (χ4n) is 3.41. The van der Waals surface area contributed by atoms with Crippen molar-refractivity contribution in [2.45, 2.75) is 31.9 Å². The number of hydrogen-bond donors (Lipinski definition) is 0. The van der Waals surface area contributed by atoms with Crippen LogP contribution < -0.4 is 4.90 Å². The molecule has 0 unspecified atom stereocenters. The maximum absolute atomic E-state index is 8.86. The molecule has 1 atom stereocenters. The normalized spacial score (nSPS) is 24.8. The van der Waals surface area contributed by atoms with E-state index in [9.17, 15) is 0 Å². The second-order valence-electron chi connectivity index (χ2n) is 6.05. The highest BCUT2D eigenvalue weighted by Crippen LogP contribution is 2.24. The first-order valence-corrected chi connectivity index (χ1v) is 7.87. The predicted molar refractivity (Wildman–Crippen MR) is 83.4 cm³/mol. The van der Waals surface area contributed by atoms with Crippen LogP contribution in [0.25, 0.3) is 0 Å². The van der Waals surface area contributed by atoms with Gasteiger partial charge in [-0.15, -0.1) is 0 Å². The molecule has 3 rings (SSSR count). The van der Waals surface area contributed by atoms with Gasteiger partial charge in [-0.05, 0) is 44.0 Å². The third kappa shape index (κ3) is 3.37. The summed E-state index contributed by atoms with van der Waals surface area (Å²) in [5.41, 5.74) is 1.97. The average Bonchev–Trinajstić information content (AvgIpc) is 2.55. The fraction of sp³-hybridized carbons (Fsp3) is 0.588. The molecule has 2 aliphatic heterocycles. The molecule has 0 aliphatic carbocycles. The molecule has 2 saturated heterocycles. The van der Waals surface area contributed by atoms with Gasteiger partial charge in [-0.25, -0.2) is 0 Å². The molecule has 2 heterocycles. The molecule has 0 aromatic heterocycles. The fourth-order valence-corrected chi connectivity index (χ4v) is 3.41. The molecule has 0 amide bonds. The van der Waals surface area contributed by atoms with Crippen molar-refractivity contribution in [1.29, 1.82) is 5.26 Å². The molecule has 1 aromatic carbocycles. The lowest BCUT2D eigenvalue weighted by Crippen LogP contribution is -2.51. The van der Waals surface area contributed by atoms with Gasteiger partial charge in [-0.1, -0.05) is 0 Å². The van der Waals surface area contributed by atoms with Gasteiger partial charge in [0, 0.05) is 37.9 Å². The Balaban J connectivity index is 1.56. The molecule has 0 saturated carbocycles. The molecule has 0 bridgehead atoms. The van der Waals surface area contributed by atoms with Gasteiger partial charge in [-0.2, -0.15) is 5.26 Å². The highest BCUT2D eigenvalue weighted by Gasteiger charge is 2.27. The van der Waals surface area contributed by atoms with Crippen molar-refractivity contribution < 1.29 is 4.74 Å². The number of nitrogens with zero attached hydrogens (tertiary/aromatic N) is 3. The summed E-state index contributed by atoms with van der Waals surface area (Å²) in [6.07, 6.45) is 2.80. The number of ether oxygens (including phenoxy) is 1. The smallest absolute Gasteiger partial charge is 0.0991 e. The molecule has 4 heteroatoms. The molecule has 0 radical (unpaired) electrons. The largest absolute Gasteiger partial charge is 0.376 e. The van der Waals surface area contributed by atoms with E-state index in [2.05, 4.69) is 34.9 Å². The highest BCUT2D eigenvalue weighted by molar-refractivity contribution is 5.50. The number of anilines is 1. The molecule has 0 N–H and O–H groups in total. The zero-order chi connectivity index (χ0) is 14.7. The number of benzene rings is 1. The van der Waals surface area contributed by atoms with E-state index in [1.165, 1.54) is 18.5 Å². The summed E-state index contributed by atoms with van der Waals surface area (Å²) in [5.74, 6) is 0. The lowest BCUT2D eigenvalue weighted by Gasteiger charge is -2.42. The molecule has 2 fully saturated rings. The maximum atomic E-state index is 8.86. The minimum Gasteiger partial charge on any atom is -0.376 e. The molecule has 2 aliphatic rings. The van der Waals surface area contributed by atoms with Gasteiger partial charge in [0.1, 0.15) is 0 Å². The van der Waals surface area contributed by atoms with Gasteiger partial charge < -0.3 is 9.64 Å². The molecule has 112 valence electrons. The Hall–Kier alpha value is -1.57. The van der Waals surface area contributed by atoms with Gasteiger partial charge in [0.05, 0.1) is 24.3 Å². The predicted octanol–water partition coefficient (Wildman–Crippen LogP) is 2.25. The Morgan fingerprint density at radius 2 is 1.86 bits per heavy atom. The minimum absolute atomic E-state index is 0.371. The maximum Gasteiger partial charge on any atom is 0.0991 e. The second-order valence-corrected chi connectivity index (χ2v) is 6.05. The summed E-state index contributed by atoms with van der Waals surface area (Å²) in [5, 5.41) is 8.86. The van der Waals surface area contributed by atoms with Crippen LogP contribution in [0.2, 0.25) is 0 Å². The van der Waals surface area contributed by atoms with E-state index in [0.29, 0.717) is 12.1 Å². The second kappa shape index (κ2) is 6.46. The zero-order valence-electron chi connectivity index (χ0n) is 12.7. The topological polar surface area (TPSA) is 39.5 Å². The van der Waals surface area contributed by atoms with Crippen LogP contribution in [0.15, 0.2) is 24.3 Å². The first-order valence-electron chi connectivity index (χ1n) is 7.87. The standard InChI is InChI=1S/C17H23N3O/c1-14-13-20(10-11-21-14)17-6-8-19(9-7-17)16-4-2-15(12-18)3-5-16/h2-5,14,17H,6-11,13H2,1H3/t14-/m0/s1. The van der Waals surface area contributed by atoms with Crippen LogP contribution in [0.3, 0.4) is 0 Å². The Morgan fingerprint density at radius 1 is 1.14 bits per heavy atom. The average molecular weight is 285 g/mol. The van der Waals surface area contributed by atoms with Crippen LogP contribution in [0.1, 0.15) is 25.3 Å². The van der Waals surface area contributed by atoms with E-state index in [1.54, 1.807) is 0 Å². The van der Waals surface area contributed by atoms with Crippen LogP contribution in [0, 0.1) is 11.3 Å². The van der Waals surface area contributed by atoms with Crippen molar-refractivity contribution in [1.82, 2.24) is 4.90 Å². The van der Waals surface area contributed by atoms with Crippen molar-refractivity contribution in [3.05, 3.63) is 29.8 Å². The summed E-state index contributed by atoms with van der Waals surface area (Å²) in [4.78, 5) is 5.03. The Bertz CT molecular complexity index is 500. The Labute approximate surface area is 126 Å². The van der Waals surface area contributed by atoms with Crippen LogP contribution in [-0.4, -0.2) is 49.8 Å². The first kappa shape index (κ1) is 14.4. The molecule has 21 heavy (non-hydrogen) atoms. The van der Waals surface area contributed by atoms with Gasteiger partial charge in [0.25, 0.3) is 0 Å². The summed E-state index contributed by atoms with van der Waals surface area (Å²) >= 11 is 0. The third-order valence-corrected chi connectivity index (χ3v) is 4.61. The molecular weight excluding hydrogens is 262 g/mol. The molecule has 4 nitrogen and oxygen atoms in total. The van der Waals surface area contributed by atoms with E-state index in [1.807, 2.05) is 12.1 Å². The van der Waals surface area contributed by atoms with E-state index in [-0.39, 0.29) is 0 Å². The third-order valence-electron chi connectivity index (χ3n) is 4.61. The summed E-state index contributed by atoms with van der Waals surface area (Å²) in [7, 11) is 0. The minimum atomic E-state index is 0.371. The van der Waals surface area contributed by atoms with Crippen LogP contribution in [-0.2, 0) is 4.74 Å². The van der Waals surface area contributed by atoms with Crippen molar-refractivity contribution in [2.75, 3.05) is 37.7 Å². The number of nitriles is 1. The van der Waals surface area contributed by atoms with E-state index < -0.39 is 0 Å². The van der Waals surface area contributed by atoms with Crippen LogP contribution in [0.4, 0.5) is 5.69 Å². The highest BCUT2D eigenvalue weighted by atomic mass is 16.5.